The zero-order valence-electron chi connectivity index (χ0n) is 15.0. The minimum atomic E-state index is -3.50. The number of nitrogens with one attached hydrogen (secondary N) is 2. The van der Waals surface area contributed by atoms with E-state index in [-0.39, 0.29) is 16.8 Å². The monoisotopic (exact) mass is 372 g/mol. The van der Waals surface area contributed by atoms with Crippen LogP contribution in [0.2, 0.25) is 0 Å². The van der Waals surface area contributed by atoms with Gasteiger partial charge in [-0.3, -0.25) is 4.79 Å². The lowest BCUT2D eigenvalue weighted by atomic mass is 10.1. The summed E-state index contributed by atoms with van der Waals surface area (Å²) in [6.45, 7) is 4.10. The molecule has 2 aromatic rings. The highest BCUT2D eigenvalue weighted by molar-refractivity contribution is 7.89. The van der Waals surface area contributed by atoms with Crippen LogP contribution in [0, 0.1) is 0 Å². The van der Waals surface area contributed by atoms with Gasteiger partial charge in [0.15, 0.2) is 0 Å². The van der Waals surface area contributed by atoms with Crippen LogP contribution in [0.5, 0.6) is 0 Å². The predicted octanol–water partition coefficient (Wildman–Crippen LogP) is 2.75. The Hall–Kier alpha value is -2.44. The number of hydrogen-bond donors (Lipinski definition) is 2. The molecular weight excluding hydrogens is 348 g/mol. The lowest BCUT2D eigenvalue weighted by molar-refractivity contribution is -0.116. The third kappa shape index (κ3) is 6.46. The van der Waals surface area contributed by atoms with Crippen LogP contribution in [0.25, 0.3) is 6.08 Å². The van der Waals surface area contributed by atoms with Gasteiger partial charge in [0.2, 0.25) is 15.9 Å². The Balaban J connectivity index is 1.86. The molecular formula is C20H24N2O3S. The normalized spacial score (nSPS) is 11.8. The Morgan fingerprint density at radius 1 is 1.04 bits per heavy atom. The second-order valence-electron chi connectivity index (χ2n) is 6.20. The van der Waals surface area contributed by atoms with Gasteiger partial charge in [-0.25, -0.2) is 13.1 Å². The summed E-state index contributed by atoms with van der Waals surface area (Å²) in [5.41, 5.74) is 1.93. The minimum absolute atomic E-state index is 0.167. The van der Waals surface area contributed by atoms with Crippen molar-refractivity contribution < 1.29 is 13.2 Å². The molecule has 0 aliphatic carbocycles. The first-order valence-electron chi connectivity index (χ1n) is 8.49. The highest BCUT2D eigenvalue weighted by atomic mass is 32.2. The molecule has 0 radical (unpaired) electrons. The summed E-state index contributed by atoms with van der Waals surface area (Å²) >= 11 is 0. The summed E-state index contributed by atoms with van der Waals surface area (Å²) in [7, 11) is -3.50. The number of sulfonamides is 1. The summed E-state index contributed by atoms with van der Waals surface area (Å²) in [4.78, 5) is 12.1. The van der Waals surface area contributed by atoms with Gasteiger partial charge in [-0.2, -0.15) is 0 Å². The molecule has 0 aliphatic heterocycles. The van der Waals surface area contributed by atoms with Crippen molar-refractivity contribution in [3.63, 3.8) is 0 Å². The molecule has 0 unspecified atom stereocenters. The van der Waals surface area contributed by atoms with E-state index in [1.807, 2.05) is 30.3 Å². The summed E-state index contributed by atoms with van der Waals surface area (Å²) in [6, 6.07) is 16.2. The number of carbonyl (C=O) groups is 1. The quantitative estimate of drug-likeness (QED) is 0.700. The summed E-state index contributed by atoms with van der Waals surface area (Å²) < 4.78 is 26.7. The number of hydrogen-bond acceptors (Lipinski definition) is 3. The topological polar surface area (TPSA) is 75.3 Å². The SMILES string of the molecule is CC(C)NS(=O)(=O)c1ccc(/C=C/C(=O)NCCc2ccccc2)cc1. The standard InChI is InChI=1S/C20H24N2O3S/c1-16(2)22-26(24,25)19-11-8-18(9-12-19)10-13-20(23)21-15-14-17-6-4-3-5-7-17/h3-13,16,22H,14-15H2,1-2H3,(H,21,23)/b13-10+. The fourth-order valence-corrected chi connectivity index (χ4v) is 3.59. The van der Waals surface area contributed by atoms with Gasteiger partial charge in [0, 0.05) is 18.7 Å². The zero-order valence-corrected chi connectivity index (χ0v) is 15.8. The van der Waals surface area contributed by atoms with Crippen molar-refractivity contribution >= 4 is 22.0 Å². The first-order chi connectivity index (χ1) is 12.4. The van der Waals surface area contributed by atoms with Crippen molar-refractivity contribution in [3.8, 4) is 0 Å². The van der Waals surface area contributed by atoms with Gasteiger partial charge in [0.1, 0.15) is 0 Å². The molecule has 5 nitrogen and oxygen atoms in total. The van der Waals surface area contributed by atoms with Crippen molar-refractivity contribution in [2.45, 2.75) is 31.2 Å². The van der Waals surface area contributed by atoms with E-state index >= 15 is 0 Å². The van der Waals surface area contributed by atoms with Gasteiger partial charge in [-0.05, 0) is 49.6 Å². The lowest BCUT2D eigenvalue weighted by Crippen LogP contribution is -2.30. The second-order valence-corrected chi connectivity index (χ2v) is 7.92. The van der Waals surface area contributed by atoms with E-state index in [1.54, 1.807) is 32.1 Å². The van der Waals surface area contributed by atoms with Crippen molar-refractivity contribution in [2.75, 3.05) is 6.54 Å². The van der Waals surface area contributed by atoms with E-state index in [0.717, 1.165) is 12.0 Å². The van der Waals surface area contributed by atoms with Crippen LogP contribution in [0.4, 0.5) is 0 Å². The van der Waals surface area contributed by atoms with Crippen molar-refractivity contribution in [3.05, 3.63) is 71.8 Å². The van der Waals surface area contributed by atoms with Gasteiger partial charge in [0.25, 0.3) is 0 Å². The largest absolute Gasteiger partial charge is 0.352 e. The Morgan fingerprint density at radius 3 is 2.31 bits per heavy atom. The Kier molecular flexibility index (Phi) is 7.12. The molecule has 26 heavy (non-hydrogen) atoms. The molecule has 0 aromatic heterocycles. The molecule has 0 saturated heterocycles. The van der Waals surface area contributed by atoms with Crippen LogP contribution in [-0.2, 0) is 21.2 Å². The molecule has 6 heteroatoms. The van der Waals surface area contributed by atoms with Gasteiger partial charge in [-0.15, -0.1) is 0 Å². The fraction of sp³-hybridized carbons (Fsp3) is 0.250. The van der Waals surface area contributed by atoms with E-state index in [1.165, 1.54) is 23.8 Å². The Morgan fingerprint density at radius 2 is 1.69 bits per heavy atom. The zero-order chi connectivity index (χ0) is 19.0. The Labute approximate surface area is 155 Å². The molecule has 0 fully saturated rings. The summed E-state index contributed by atoms with van der Waals surface area (Å²) in [6.07, 6.45) is 3.88. The molecule has 0 saturated carbocycles. The highest BCUT2D eigenvalue weighted by Crippen LogP contribution is 2.12. The van der Waals surface area contributed by atoms with Crippen LogP contribution in [0.1, 0.15) is 25.0 Å². The van der Waals surface area contributed by atoms with Gasteiger partial charge in [0.05, 0.1) is 4.90 Å². The number of carbonyl (C=O) groups excluding carboxylic acids is 1. The second kappa shape index (κ2) is 9.31. The van der Waals surface area contributed by atoms with Crippen LogP contribution >= 0.6 is 0 Å². The van der Waals surface area contributed by atoms with Crippen molar-refractivity contribution in [2.24, 2.45) is 0 Å². The smallest absolute Gasteiger partial charge is 0.244 e. The molecule has 138 valence electrons. The van der Waals surface area contributed by atoms with Gasteiger partial charge < -0.3 is 5.32 Å². The maximum atomic E-state index is 12.1. The van der Waals surface area contributed by atoms with E-state index in [0.29, 0.717) is 6.54 Å². The number of amides is 1. The van der Waals surface area contributed by atoms with Gasteiger partial charge >= 0.3 is 0 Å². The molecule has 2 aromatic carbocycles. The van der Waals surface area contributed by atoms with Crippen LogP contribution < -0.4 is 10.0 Å². The minimum Gasteiger partial charge on any atom is -0.352 e. The lowest BCUT2D eigenvalue weighted by Gasteiger charge is -2.09. The molecule has 0 atom stereocenters. The first kappa shape index (κ1) is 19.9. The average Bonchev–Trinajstić information content (AvgIpc) is 2.60. The van der Waals surface area contributed by atoms with E-state index in [2.05, 4.69) is 10.0 Å². The predicted molar refractivity (Wildman–Crippen MR) is 104 cm³/mol. The maximum absolute atomic E-state index is 12.1. The molecule has 0 aliphatic rings. The van der Waals surface area contributed by atoms with Crippen molar-refractivity contribution in [1.29, 1.82) is 0 Å². The molecule has 1 amide bonds. The molecule has 0 spiro atoms. The maximum Gasteiger partial charge on any atom is 0.244 e. The highest BCUT2D eigenvalue weighted by Gasteiger charge is 2.14. The Bertz CT molecular complexity index is 842. The van der Waals surface area contributed by atoms with E-state index in [9.17, 15) is 13.2 Å². The molecule has 2 rings (SSSR count). The van der Waals surface area contributed by atoms with E-state index in [4.69, 9.17) is 0 Å². The average molecular weight is 372 g/mol. The van der Waals surface area contributed by atoms with Crippen LogP contribution in [0.15, 0.2) is 65.6 Å². The number of benzene rings is 2. The van der Waals surface area contributed by atoms with Gasteiger partial charge in [-0.1, -0.05) is 42.5 Å². The number of rotatable bonds is 8. The summed E-state index contributed by atoms with van der Waals surface area (Å²) in [5.74, 6) is -0.181. The molecule has 2 N–H and O–H groups in total. The fourth-order valence-electron chi connectivity index (χ4n) is 2.34. The van der Waals surface area contributed by atoms with Crippen LogP contribution in [-0.4, -0.2) is 26.9 Å². The molecule has 0 heterocycles. The first-order valence-corrected chi connectivity index (χ1v) is 9.97. The summed E-state index contributed by atoms with van der Waals surface area (Å²) in [5, 5.41) is 2.83. The third-order valence-corrected chi connectivity index (χ3v) is 5.24. The molecule has 0 bridgehead atoms. The van der Waals surface area contributed by atoms with Crippen molar-refractivity contribution in [1.82, 2.24) is 10.0 Å². The third-order valence-electron chi connectivity index (χ3n) is 3.56. The van der Waals surface area contributed by atoms with Crippen LogP contribution in [0.3, 0.4) is 0 Å². The van der Waals surface area contributed by atoms with E-state index < -0.39 is 10.0 Å².